The van der Waals surface area contributed by atoms with E-state index in [-0.39, 0.29) is 12.2 Å². The second kappa shape index (κ2) is 10.7. The average molecular weight is 475 g/mol. The number of nitrogens with one attached hydrogen (secondary N) is 2. The number of piperazine rings is 1. The first-order valence-electron chi connectivity index (χ1n) is 11.1. The van der Waals surface area contributed by atoms with E-state index in [0.29, 0.717) is 19.0 Å². The zero-order valence-corrected chi connectivity index (χ0v) is 19.1. The summed E-state index contributed by atoms with van der Waals surface area (Å²) in [7, 11) is 0. The zero-order valence-electron chi connectivity index (χ0n) is 19.1. The van der Waals surface area contributed by atoms with Gasteiger partial charge in [0.05, 0.1) is 17.4 Å². The maximum Gasteiger partial charge on any atom is 0.322 e. The van der Waals surface area contributed by atoms with Crippen LogP contribution in [0.1, 0.15) is 17.2 Å². The highest BCUT2D eigenvalue weighted by molar-refractivity contribution is 5.90. The smallest absolute Gasteiger partial charge is 0.322 e. The third-order valence-electron chi connectivity index (χ3n) is 5.80. The first-order chi connectivity index (χ1) is 17.0. The van der Waals surface area contributed by atoms with Crippen molar-refractivity contribution in [1.29, 1.82) is 5.26 Å². The molecule has 0 bridgehead atoms. The van der Waals surface area contributed by atoms with Gasteiger partial charge in [0, 0.05) is 25.7 Å². The third kappa shape index (κ3) is 5.55. The van der Waals surface area contributed by atoms with Gasteiger partial charge in [0.15, 0.2) is 6.19 Å². The molecule has 0 aliphatic carbocycles. The fourth-order valence-corrected chi connectivity index (χ4v) is 3.99. The van der Waals surface area contributed by atoms with E-state index in [2.05, 4.69) is 15.6 Å². The van der Waals surface area contributed by atoms with E-state index in [1.165, 1.54) is 0 Å². The highest BCUT2D eigenvalue weighted by Crippen LogP contribution is 2.28. The fourth-order valence-electron chi connectivity index (χ4n) is 3.99. The van der Waals surface area contributed by atoms with Crippen LogP contribution in [0.5, 0.6) is 0 Å². The summed E-state index contributed by atoms with van der Waals surface area (Å²) in [5.74, 6) is -0.995. The lowest BCUT2D eigenvalue weighted by atomic mass is 10.0. The Morgan fingerprint density at radius 3 is 2.54 bits per heavy atom. The second-order valence-corrected chi connectivity index (χ2v) is 8.08. The van der Waals surface area contributed by atoms with Crippen molar-refractivity contribution in [2.75, 3.05) is 25.0 Å². The predicted molar refractivity (Wildman–Crippen MR) is 130 cm³/mol. The van der Waals surface area contributed by atoms with Gasteiger partial charge in [-0.1, -0.05) is 48.5 Å². The van der Waals surface area contributed by atoms with Crippen molar-refractivity contribution in [3.63, 3.8) is 0 Å². The van der Waals surface area contributed by atoms with Gasteiger partial charge in [-0.25, -0.2) is 18.6 Å². The van der Waals surface area contributed by atoms with Gasteiger partial charge in [0.1, 0.15) is 11.6 Å². The standard InChI is InChI=1S/C26H24F2N6O/c1-18-7-5-6-10-22(18)31-25(30-17-29)33-13-14-34(24(16-33)19-8-3-2-4-9-19)26(35)32-23-15-20(27)11-12-21(23)28/h2-12,15,24H,13-14,16H2,1H3,(H,30,31)(H,32,35). The van der Waals surface area contributed by atoms with Gasteiger partial charge >= 0.3 is 6.03 Å². The summed E-state index contributed by atoms with van der Waals surface area (Å²) in [5.41, 5.74) is 2.32. The van der Waals surface area contributed by atoms with Crippen LogP contribution in [0.2, 0.25) is 0 Å². The van der Waals surface area contributed by atoms with Crippen LogP contribution in [0.15, 0.2) is 77.8 Å². The number of aryl methyl sites for hydroxylation is 1. The minimum absolute atomic E-state index is 0.225. The molecular weight excluding hydrogens is 450 g/mol. The molecule has 1 heterocycles. The minimum Gasteiger partial charge on any atom is -0.338 e. The molecule has 1 atom stereocenters. The number of nitriles is 1. The molecule has 178 valence electrons. The summed E-state index contributed by atoms with van der Waals surface area (Å²) >= 11 is 0. The van der Waals surface area contributed by atoms with Gasteiger partial charge in [0.2, 0.25) is 5.96 Å². The minimum atomic E-state index is -0.722. The van der Waals surface area contributed by atoms with Crippen molar-refractivity contribution in [2.24, 2.45) is 4.99 Å². The highest BCUT2D eigenvalue weighted by atomic mass is 19.1. The van der Waals surface area contributed by atoms with Gasteiger partial charge in [-0.2, -0.15) is 5.26 Å². The number of guanidine groups is 1. The lowest BCUT2D eigenvalue weighted by molar-refractivity contribution is 0.135. The highest BCUT2D eigenvalue weighted by Gasteiger charge is 2.33. The van der Waals surface area contributed by atoms with Gasteiger partial charge in [-0.3, -0.25) is 5.32 Å². The van der Waals surface area contributed by atoms with E-state index in [0.717, 1.165) is 35.0 Å². The fraction of sp³-hybridized carbons (Fsp3) is 0.192. The summed E-state index contributed by atoms with van der Waals surface area (Å²) in [6.45, 7) is 2.91. The molecule has 0 saturated carbocycles. The van der Waals surface area contributed by atoms with Crippen LogP contribution in [-0.2, 0) is 0 Å². The molecule has 0 spiro atoms. The predicted octanol–water partition coefficient (Wildman–Crippen LogP) is 4.92. The number of urea groups is 1. The zero-order chi connectivity index (χ0) is 24.8. The number of carbonyl (C=O) groups excluding carboxylic acids is 1. The van der Waals surface area contributed by atoms with Crippen LogP contribution in [-0.4, -0.2) is 41.4 Å². The summed E-state index contributed by atoms with van der Waals surface area (Å²) < 4.78 is 27.8. The van der Waals surface area contributed by atoms with Crippen LogP contribution < -0.4 is 10.6 Å². The lowest BCUT2D eigenvalue weighted by Crippen LogP contribution is -2.55. The maximum atomic E-state index is 14.1. The molecule has 0 radical (unpaired) electrons. The number of hydrogen-bond donors (Lipinski definition) is 2. The second-order valence-electron chi connectivity index (χ2n) is 8.08. The number of rotatable bonds is 3. The number of aliphatic imine (C=N–C) groups is 1. The van der Waals surface area contributed by atoms with Crippen LogP contribution in [0.25, 0.3) is 0 Å². The SMILES string of the molecule is Cc1ccccc1N=C(NC#N)N1CCN(C(=O)Nc2cc(F)ccc2F)C(c2ccccc2)C1. The van der Waals surface area contributed by atoms with Crippen molar-refractivity contribution in [2.45, 2.75) is 13.0 Å². The Balaban J connectivity index is 1.63. The molecule has 2 amide bonds. The molecule has 1 saturated heterocycles. The molecule has 4 rings (SSSR count). The Hall–Kier alpha value is -4.45. The molecule has 0 aromatic heterocycles. The Morgan fingerprint density at radius 1 is 1.06 bits per heavy atom. The quantitative estimate of drug-likeness (QED) is 0.244. The van der Waals surface area contributed by atoms with E-state index in [9.17, 15) is 18.8 Å². The van der Waals surface area contributed by atoms with Crippen LogP contribution >= 0.6 is 0 Å². The monoisotopic (exact) mass is 474 g/mol. The van der Waals surface area contributed by atoms with E-state index >= 15 is 0 Å². The topological polar surface area (TPSA) is 83.8 Å². The van der Waals surface area contributed by atoms with Crippen molar-refractivity contribution in [1.82, 2.24) is 15.1 Å². The lowest BCUT2D eigenvalue weighted by Gasteiger charge is -2.42. The summed E-state index contributed by atoms with van der Waals surface area (Å²) in [6.07, 6.45) is 1.95. The van der Waals surface area contributed by atoms with Crippen LogP contribution in [0.3, 0.4) is 0 Å². The number of benzene rings is 3. The number of anilines is 1. The summed E-state index contributed by atoms with van der Waals surface area (Å²) in [5, 5.41) is 14.5. The van der Waals surface area contributed by atoms with Gasteiger partial charge in [0.25, 0.3) is 0 Å². The normalized spacial score (nSPS) is 15.9. The van der Waals surface area contributed by atoms with Crippen molar-refractivity contribution in [3.05, 3.63) is 95.6 Å². The van der Waals surface area contributed by atoms with E-state index in [4.69, 9.17) is 0 Å². The first kappa shape index (κ1) is 23.7. The van der Waals surface area contributed by atoms with Gasteiger partial charge in [-0.15, -0.1) is 0 Å². The third-order valence-corrected chi connectivity index (χ3v) is 5.80. The van der Waals surface area contributed by atoms with Gasteiger partial charge in [-0.05, 0) is 36.2 Å². The molecule has 1 unspecified atom stereocenters. The number of carbonyl (C=O) groups is 1. The number of halogens is 2. The molecule has 1 aliphatic heterocycles. The van der Waals surface area contributed by atoms with Crippen molar-refractivity contribution in [3.8, 4) is 6.19 Å². The molecular formula is C26H24F2N6O. The molecule has 3 aromatic rings. The van der Waals surface area contributed by atoms with E-state index < -0.39 is 23.7 Å². The van der Waals surface area contributed by atoms with Gasteiger partial charge < -0.3 is 15.1 Å². The number of amides is 2. The summed E-state index contributed by atoms with van der Waals surface area (Å²) in [6, 6.07) is 18.9. The van der Waals surface area contributed by atoms with E-state index in [1.807, 2.05) is 72.6 Å². The Bertz CT molecular complexity index is 1270. The van der Waals surface area contributed by atoms with Crippen LogP contribution in [0, 0.1) is 30.0 Å². The largest absolute Gasteiger partial charge is 0.338 e. The maximum absolute atomic E-state index is 14.1. The molecule has 7 nitrogen and oxygen atoms in total. The number of nitrogens with zero attached hydrogens (tertiary/aromatic N) is 4. The Kier molecular flexibility index (Phi) is 7.21. The Labute approximate surface area is 202 Å². The molecule has 9 heteroatoms. The average Bonchev–Trinajstić information content (AvgIpc) is 2.87. The molecule has 3 aromatic carbocycles. The summed E-state index contributed by atoms with van der Waals surface area (Å²) in [4.78, 5) is 21.3. The Morgan fingerprint density at radius 2 is 1.80 bits per heavy atom. The van der Waals surface area contributed by atoms with Crippen molar-refractivity contribution >= 4 is 23.4 Å². The number of hydrogen-bond acceptors (Lipinski definition) is 3. The van der Waals surface area contributed by atoms with Crippen molar-refractivity contribution < 1.29 is 13.6 Å². The molecule has 35 heavy (non-hydrogen) atoms. The first-order valence-corrected chi connectivity index (χ1v) is 11.1. The molecule has 1 fully saturated rings. The number of para-hydroxylation sites is 1. The van der Waals surface area contributed by atoms with E-state index in [1.54, 1.807) is 4.90 Å². The molecule has 2 N–H and O–H groups in total. The van der Waals surface area contributed by atoms with Crippen LogP contribution in [0.4, 0.5) is 25.0 Å². The molecule has 1 aliphatic rings.